The smallest absolute Gasteiger partial charge is 0.232 e. The lowest BCUT2D eigenvalue weighted by Gasteiger charge is -2.04. The molecular formula is C17H14N4O. The van der Waals surface area contributed by atoms with Crippen LogP contribution in [0, 0.1) is 0 Å². The van der Waals surface area contributed by atoms with Crippen LogP contribution in [0.4, 0.5) is 5.69 Å². The molecule has 1 aliphatic heterocycles. The maximum atomic E-state index is 12.0. The van der Waals surface area contributed by atoms with Crippen molar-refractivity contribution >= 4 is 22.6 Å². The van der Waals surface area contributed by atoms with E-state index in [-0.39, 0.29) is 11.8 Å². The molecule has 1 amide bonds. The first-order chi connectivity index (χ1) is 10.8. The van der Waals surface area contributed by atoms with Gasteiger partial charge in [-0.3, -0.25) is 9.78 Å². The predicted molar refractivity (Wildman–Crippen MR) is 85.5 cm³/mol. The fraction of sp³-hybridized carbons (Fsp3) is 0.118. The van der Waals surface area contributed by atoms with E-state index < -0.39 is 0 Å². The summed E-state index contributed by atoms with van der Waals surface area (Å²) in [6.07, 6.45) is 5.91. The van der Waals surface area contributed by atoms with E-state index in [9.17, 15) is 4.79 Å². The van der Waals surface area contributed by atoms with E-state index in [2.05, 4.69) is 26.8 Å². The lowest BCUT2D eigenvalue weighted by molar-refractivity contribution is -0.116. The number of allylic oxidation sites excluding steroid dienone is 1. The summed E-state index contributed by atoms with van der Waals surface area (Å²) in [6.45, 7) is 3.73. The van der Waals surface area contributed by atoms with E-state index in [4.69, 9.17) is 0 Å². The average Bonchev–Trinajstić information content (AvgIpc) is 3.07. The molecule has 22 heavy (non-hydrogen) atoms. The summed E-state index contributed by atoms with van der Waals surface area (Å²) in [5, 5.41) is 2.92. The Morgan fingerprint density at radius 2 is 2.27 bits per heavy atom. The van der Waals surface area contributed by atoms with Crippen LogP contribution in [0.15, 0.2) is 49.3 Å². The summed E-state index contributed by atoms with van der Waals surface area (Å²) in [5.74, 6) is 0.635. The number of rotatable bonds is 3. The molecule has 0 saturated carbocycles. The number of benzene rings is 1. The highest BCUT2D eigenvalue weighted by molar-refractivity contribution is 6.05. The molecule has 2 aromatic heterocycles. The van der Waals surface area contributed by atoms with Gasteiger partial charge in [0.15, 0.2) is 0 Å². The zero-order valence-electron chi connectivity index (χ0n) is 11.8. The largest absolute Gasteiger partial charge is 0.338 e. The Labute approximate surface area is 127 Å². The third kappa shape index (κ3) is 1.90. The number of hydrogen-bond acceptors (Lipinski definition) is 3. The number of nitrogens with zero attached hydrogens (tertiary/aromatic N) is 2. The zero-order chi connectivity index (χ0) is 15.1. The van der Waals surface area contributed by atoms with E-state index in [1.165, 1.54) is 0 Å². The number of carbonyl (C=O) groups is 1. The summed E-state index contributed by atoms with van der Waals surface area (Å²) in [7, 11) is 0. The second kappa shape index (κ2) is 4.80. The van der Waals surface area contributed by atoms with Gasteiger partial charge in [-0.05, 0) is 36.2 Å². The number of nitrogens with one attached hydrogen (secondary N) is 2. The first-order valence-electron chi connectivity index (χ1n) is 7.12. The summed E-state index contributed by atoms with van der Waals surface area (Å²) in [4.78, 5) is 24.0. The lowest BCUT2D eigenvalue weighted by Crippen LogP contribution is -2.10. The molecule has 0 saturated heterocycles. The SMILES string of the molecule is C=CCC1C(=O)Nc2cc3nc(-c4cccnc4)[nH]c3cc21. The van der Waals surface area contributed by atoms with Gasteiger partial charge in [-0.15, -0.1) is 6.58 Å². The first kappa shape index (κ1) is 12.8. The minimum Gasteiger partial charge on any atom is -0.338 e. The molecular weight excluding hydrogens is 276 g/mol. The molecule has 0 radical (unpaired) electrons. The monoisotopic (exact) mass is 290 g/mol. The van der Waals surface area contributed by atoms with Crippen LogP contribution in [-0.2, 0) is 4.79 Å². The number of aromatic amines is 1. The van der Waals surface area contributed by atoms with Crippen LogP contribution >= 0.6 is 0 Å². The Bertz CT molecular complexity index is 882. The summed E-state index contributed by atoms with van der Waals surface area (Å²) >= 11 is 0. The second-order valence-electron chi connectivity index (χ2n) is 5.35. The summed E-state index contributed by atoms with van der Waals surface area (Å²) in [5.41, 5.74) is 4.53. The van der Waals surface area contributed by atoms with Gasteiger partial charge in [-0.25, -0.2) is 4.98 Å². The van der Waals surface area contributed by atoms with E-state index >= 15 is 0 Å². The van der Waals surface area contributed by atoms with Crippen molar-refractivity contribution in [3.05, 3.63) is 54.9 Å². The molecule has 0 bridgehead atoms. The molecule has 1 atom stereocenters. The van der Waals surface area contributed by atoms with E-state index in [1.54, 1.807) is 18.5 Å². The fourth-order valence-electron chi connectivity index (χ4n) is 2.87. The van der Waals surface area contributed by atoms with Crippen molar-refractivity contribution in [1.82, 2.24) is 15.0 Å². The average molecular weight is 290 g/mol. The van der Waals surface area contributed by atoms with Gasteiger partial charge in [0.1, 0.15) is 5.82 Å². The van der Waals surface area contributed by atoms with Crippen LogP contribution in [0.5, 0.6) is 0 Å². The Kier molecular flexibility index (Phi) is 2.79. The number of H-pyrrole nitrogens is 1. The third-order valence-corrected chi connectivity index (χ3v) is 3.94. The van der Waals surface area contributed by atoms with Crippen LogP contribution in [0.2, 0.25) is 0 Å². The van der Waals surface area contributed by atoms with Crippen LogP contribution in [0.1, 0.15) is 17.9 Å². The molecule has 4 rings (SSSR count). The van der Waals surface area contributed by atoms with Gasteiger partial charge in [0.25, 0.3) is 0 Å². The van der Waals surface area contributed by atoms with Crippen molar-refractivity contribution < 1.29 is 4.79 Å². The number of amides is 1. The second-order valence-corrected chi connectivity index (χ2v) is 5.35. The minimum absolute atomic E-state index is 0.0232. The highest BCUT2D eigenvalue weighted by Gasteiger charge is 2.30. The van der Waals surface area contributed by atoms with Crippen molar-refractivity contribution in [1.29, 1.82) is 0 Å². The van der Waals surface area contributed by atoms with Crippen LogP contribution < -0.4 is 5.32 Å². The molecule has 0 aliphatic carbocycles. The molecule has 108 valence electrons. The van der Waals surface area contributed by atoms with Gasteiger partial charge in [0, 0.05) is 23.6 Å². The van der Waals surface area contributed by atoms with Gasteiger partial charge >= 0.3 is 0 Å². The number of hydrogen-bond donors (Lipinski definition) is 2. The van der Waals surface area contributed by atoms with Crippen molar-refractivity contribution in [2.45, 2.75) is 12.3 Å². The predicted octanol–water partition coefficient (Wildman–Crippen LogP) is 3.24. The van der Waals surface area contributed by atoms with E-state index in [0.29, 0.717) is 6.42 Å². The molecule has 3 heterocycles. The Hall–Kier alpha value is -2.95. The molecule has 5 heteroatoms. The van der Waals surface area contributed by atoms with Crippen LogP contribution in [-0.4, -0.2) is 20.9 Å². The topological polar surface area (TPSA) is 70.7 Å². The molecule has 3 aromatic rings. The molecule has 0 fully saturated rings. The number of aromatic nitrogens is 3. The first-order valence-corrected chi connectivity index (χ1v) is 7.12. The Morgan fingerprint density at radius 3 is 3.05 bits per heavy atom. The van der Waals surface area contributed by atoms with Crippen LogP contribution in [0.3, 0.4) is 0 Å². The maximum absolute atomic E-state index is 12.0. The minimum atomic E-state index is -0.165. The van der Waals surface area contributed by atoms with Crippen LogP contribution in [0.25, 0.3) is 22.4 Å². The molecule has 2 N–H and O–H groups in total. The van der Waals surface area contributed by atoms with Gasteiger partial charge in [0.05, 0.1) is 17.0 Å². The number of pyridine rings is 1. The highest BCUT2D eigenvalue weighted by atomic mass is 16.2. The Morgan fingerprint density at radius 1 is 1.36 bits per heavy atom. The number of fused-ring (bicyclic) bond motifs is 2. The van der Waals surface area contributed by atoms with E-state index in [0.717, 1.165) is 33.7 Å². The quantitative estimate of drug-likeness (QED) is 0.727. The Balaban J connectivity index is 1.83. The molecule has 1 aromatic carbocycles. The molecule has 1 aliphatic rings. The van der Waals surface area contributed by atoms with Gasteiger partial charge in [-0.1, -0.05) is 6.08 Å². The van der Waals surface area contributed by atoms with Gasteiger partial charge < -0.3 is 10.3 Å². The maximum Gasteiger partial charge on any atom is 0.232 e. The van der Waals surface area contributed by atoms with Crippen molar-refractivity contribution in [2.24, 2.45) is 0 Å². The van der Waals surface area contributed by atoms with Gasteiger partial charge in [-0.2, -0.15) is 0 Å². The highest BCUT2D eigenvalue weighted by Crippen LogP contribution is 2.37. The van der Waals surface area contributed by atoms with E-state index in [1.807, 2.05) is 24.3 Å². The van der Waals surface area contributed by atoms with Gasteiger partial charge in [0.2, 0.25) is 5.91 Å². The summed E-state index contributed by atoms with van der Waals surface area (Å²) in [6, 6.07) is 7.76. The summed E-state index contributed by atoms with van der Waals surface area (Å²) < 4.78 is 0. The fourth-order valence-corrected chi connectivity index (χ4v) is 2.87. The third-order valence-electron chi connectivity index (χ3n) is 3.94. The number of imidazole rings is 1. The van der Waals surface area contributed by atoms with Crippen molar-refractivity contribution in [3.63, 3.8) is 0 Å². The number of anilines is 1. The van der Waals surface area contributed by atoms with Crippen molar-refractivity contribution in [2.75, 3.05) is 5.32 Å². The molecule has 1 unspecified atom stereocenters. The molecule has 0 spiro atoms. The standard InChI is InChI=1S/C17H14N4O/c1-2-4-11-12-7-14-15(8-13(12)21-17(11)22)20-16(19-14)10-5-3-6-18-9-10/h2-3,5-9,11H,1,4H2,(H,19,20)(H,21,22). The normalized spacial score (nSPS) is 16.5. The lowest BCUT2D eigenvalue weighted by atomic mass is 9.97. The number of carbonyl (C=O) groups excluding carboxylic acids is 1. The van der Waals surface area contributed by atoms with Crippen molar-refractivity contribution in [3.8, 4) is 11.4 Å². The molecule has 5 nitrogen and oxygen atoms in total. The zero-order valence-corrected chi connectivity index (χ0v) is 11.8.